The summed E-state index contributed by atoms with van der Waals surface area (Å²) in [4.78, 5) is 12.1. The molecule has 1 aromatic carbocycles. The summed E-state index contributed by atoms with van der Waals surface area (Å²) in [5.41, 5.74) is 7.45. The van der Waals surface area contributed by atoms with Crippen molar-refractivity contribution in [1.29, 1.82) is 0 Å². The zero-order valence-electron chi connectivity index (χ0n) is 10.2. The summed E-state index contributed by atoms with van der Waals surface area (Å²) < 4.78 is 14.8. The van der Waals surface area contributed by atoms with Gasteiger partial charge in [0.1, 0.15) is 5.82 Å². The molecule has 0 saturated heterocycles. The molecule has 0 saturated carbocycles. The maximum atomic E-state index is 13.2. The summed E-state index contributed by atoms with van der Waals surface area (Å²) in [6.07, 6.45) is 3.21. The molecule has 0 aliphatic rings. The van der Waals surface area contributed by atoms with E-state index in [9.17, 15) is 9.18 Å². The summed E-state index contributed by atoms with van der Waals surface area (Å²) >= 11 is 0. The molecule has 0 aliphatic heterocycles. The Morgan fingerprint density at radius 3 is 2.72 bits per heavy atom. The number of Topliss-reactive ketones (excluding diaryl/α,β-unsaturated/α-hetero) is 1. The van der Waals surface area contributed by atoms with Crippen LogP contribution in [0.2, 0.25) is 0 Å². The summed E-state index contributed by atoms with van der Waals surface area (Å²) in [6.45, 7) is 1.73. The highest BCUT2D eigenvalue weighted by molar-refractivity contribution is 6.00. The molecule has 0 bridgehead atoms. The average molecular weight is 247 g/mol. The molecule has 1 aromatic heterocycles. The standard InChI is InChI=1S/C13H14FN3O/c1-8-3-9(5-11(14)4-8)13(18)12(15)10-6-16-17(2)7-10/h3-7,12H,15H2,1-2H3. The van der Waals surface area contributed by atoms with Gasteiger partial charge < -0.3 is 5.73 Å². The highest BCUT2D eigenvalue weighted by Crippen LogP contribution is 2.17. The van der Waals surface area contributed by atoms with Gasteiger partial charge >= 0.3 is 0 Å². The first-order valence-electron chi connectivity index (χ1n) is 5.53. The van der Waals surface area contributed by atoms with Crippen LogP contribution in [0.3, 0.4) is 0 Å². The van der Waals surface area contributed by atoms with E-state index >= 15 is 0 Å². The Kier molecular flexibility index (Phi) is 3.25. The van der Waals surface area contributed by atoms with E-state index in [0.29, 0.717) is 11.1 Å². The maximum Gasteiger partial charge on any atom is 0.184 e. The highest BCUT2D eigenvalue weighted by Gasteiger charge is 2.19. The Labute approximate surface area is 104 Å². The van der Waals surface area contributed by atoms with Gasteiger partial charge in [0.15, 0.2) is 5.78 Å². The van der Waals surface area contributed by atoms with Gasteiger partial charge in [0, 0.05) is 24.4 Å². The molecular formula is C13H14FN3O. The van der Waals surface area contributed by atoms with Gasteiger partial charge in [-0.1, -0.05) is 0 Å². The number of carbonyl (C=O) groups excluding carboxylic acids is 1. The van der Waals surface area contributed by atoms with Crippen molar-refractivity contribution >= 4 is 5.78 Å². The highest BCUT2D eigenvalue weighted by atomic mass is 19.1. The molecule has 0 aliphatic carbocycles. The zero-order chi connectivity index (χ0) is 13.3. The number of ketones is 1. The zero-order valence-corrected chi connectivity index (χ0v) is 10.2. The van der Waals surface area contributed by atoms with Crippen molar-refractivity contribution in [2.45, 2.75) is 13.0 Å². The predicted molar refractivity (Wildman–Crippen MR) is 65.6 cm³/mol. The quantitative estimate of drug-likeness (QED) is 0.840. The molecule has 0 radical (unpaired) electrons. The van der Waals surface area contributed by atoms with Gasteiger partial charge in [0.05, 0.1) is 12.2 Å². The summed E-state index contributed by atoms with van der Waals surface area (Å²) in [6, 6.07) is 3.37. The van der Waals surface area contributed by atoms with Crippen molar-refractivity contribution in [3.05, 3.63) is 53.1 Å². The second-order valence-corrected chi connectivity index (χ2v) is 4.31. The lowest BCUT2D eigenvalue weighted by molar-refractivity contribution is 0.0961. The number of hydrogen-bond donors (Lipinski definition) is 1. The molecule has 0 amide bonds. The van der Waals surface area contributed by atoms with Crippen LogP contribution in [0.4, 0.5) is 4.39 Å². The van der Waals surface area contributed by atoms with Crippen LogP contribution in [-0.2, 0) is 7.05 Å². The third kappa shape index (κ3) is 2.46. The molecule has 0 spiro atoms. The number of rotatable bonds is 3. The van der Waals surface area contributed by atoms with Crippen LogP contribution in [0.1, 0.15) is 27.5 Å². The molecule has 1 unspecified atom stereocenters. The Hall–Kier alpha value is -2.01. The molecule has 2 N–H and O–H groups in total. The Morgan fingerprint density at radius 1 is 1.44 bits per heavy atom. The third-order valence-corrected chi connectivity index (χ3v) is 2.69. The van der Waals surface area contributed by atoms with Gasteiger partial charge in [-0.25, -0.2) is 4.39 Å². The van der Waals surface area contributed by atoms with Crippen LogP contribution in [0.5, 0.6) is 0 Å². The molecule has 5 heteroatoms. The fourth-order valence-corrected chi connectivity index (χ4v) is 1.81. The van der Waals surface area contributed by atoms with E-state index in [1.807, 2.05) is 0 Å². The number of aryl methyl sites for hydroxylation is 2. The number of nitrogens with zero attached hydrogens (tertiary/aromatic N) is 2. The minimum absolute atomic E-state index is 0.281. The molecule has 1 heterocycles. The van der Waals surface area contributed by atoms with Gasteiger partial charge in [-0.05, 0) is 30.7 Å². The van der Waals surface area contributed by atoms with E-state index in [-0.39, 0.29) is 11.3 Å². The normalized spacial score (nSPS) is 12.4. The number of carbonyl (C=O) groups is 1. The fraction of sp³-hybridized carbons (Fsp3) is 0.231. The molecule has 94 valence electrons. The first-order chi connectivity index (χ1) is 8.47. The van der Waals surface area contributed by atoms with Crippen LogP contribution < -0.4 is 5.73 Å². The summed E-state index contributed by atoms with van der Waals surface area (Å²) in [5, 5.41) is 3.96. The Bertz CT molecular complexity index is 571. The molecular weight excluding hydrogens is 233 g/mol. The maximum absolute atomic E-state index is 13.2. The van der Waals surface area contributed by atoms with E-state index in [4.69, 9.17) is 5.73 Å². The first kappa shape index (κ1) is 12.4. The first-order valence-corrected chi connectivity index (χ1v) is 5.53. The fourth-order valence-electron chi connectivity index (χ4n) is 1.81. The molecule has 2 rings (SSSR count). The van der Waals surface area contributed by atoms with Crippen LogP contribution in [0.25, 0.3) is 0 Å². The number of aromatic nitrogens is 2. The van der Waals surface area contributed by atoms with Gasteiger partial charge in [-0.2, -0.15) is 5.10 Å². The van der Waals surface area contributed by atoms with Crippen LogP contribution in [0.15, 0.2) is 30.6 Å². The van der Waals surface area contributed by atoms with Crippen molar-refractivity contribution in [2.24, 2.45) is 12.8 Å². The Morgan fingerprint density at radius 2 is 2.17 bits per heavy atom. The lowest BCUT2D eigenvalue weighted by Gasteiger charge is -2.09. The van der Waals surface area contributed by atoms with Gasteiger partial charge in [-0.3, -0.25) is 9.48 Å². The van der Waals surface area contributed by atoms with E-state index in [0.717, 1.165) is 0 Å². The van der Waals surface area contributed by atoms with Crippen molar-refractivity contribution < 1.29 is 9.18 Å². The Balaban J connectivity index is 2.30. The van der Waals surface area contributed by atoms with Crippen molar-refractivity contribution in [2.75, 3.05) is 0 Å². The van der Waals surface area contributed by atoms with Crippen molar-refractivity contribution in [3.63, 3.8) is 0 Å². The van der Waals surface area contributed by atoms with E-state index in [1.165, 1.54) is 18.3 Å². The van der Waals surface area contributed by atoms with Gasteiger partial charge in [0.25, 0.3) is 0 Å². The van der Waals surface area contributed by atoms with Crippen LogP contribution in [0, 0.1) is 12.7 Å². The lowest BCUT2D eigenvalue weighted by Crippen LogP contribution is -2.21. The largest absolute Gasteiger partial charge is 0.317 e. The summed E-state index contributed by atoms with van der Waals surface area (Å²) in [7, 11) is 1.74. The van der Waals surface area contributed by atoms with Gasteiger partial charge in [-0.15, -0.1) is 0 Å². The smallest absolute Gasteiger partial charge is 0.184 e. The van der Waals surface area contributed by atoms with Crippen molar-refractivity contribution in [3.8, 4) is 0 Å². The van der Waals surface area contributed by atoms with Crippen molar-refractivity contribution in [1.82, 2.24) is 9.78 Å². The van der Waals surface area contributed by atoms with Crippen LogP contribution >= 0.6 is 0 Å². The van der Waals surface area contributed by atoms with Crippen LogP contribution in [-0.4, -0.2) is 15.6 Å². The van der Waals surface area contributed by atoms with E-state index in [1.54, 1.807) is 30.9 Å². The number of nitrogens with two attached hydrogens (primary N) is 1. The molecule has 2 aromatic rings. The topological polar surface area (TPSA) is 60.9 Å². The molecule has 18 heavy (non-hydrogen) atoms. The summed E-state index contributed by atoms with van der Waals surface area (Å²) in [5.74, 6) is -0.748. The second kappa shape index (κ2) is 4.70. The minimum atomic E-state index is -0.820. The molecule has 4 nitrogen and oxygen atoms in total. The SMILES string of the molecule is Cc1cc(F)cc(C(=O)C(N)c2cnn(C)c2)c1. The lowest BCUT2D eigenvalue weighted by atomic mass is 9.99. The van der Waals surface area contributed by atoms with Gasteiger partial charge in [0.2, 0.25) is 0 Å². The molecule has 1 atom stereocenters. The third-order valence-electron chi connectivity index (χ3n) is 2.69. The average Bonchev–Trinajstić information content (AvgIpc) is 2.72. The monoisotopic (exact) mass is 247 g/mol. The number of hydrogen-bond acceptors (Lipinski definition) is 3. The number of benzene rings is 1. The van der Waals surface area contributed by atoms with E-state index < -0.39 is 11.9 Å². The number of halogens is 1. The van der Waals surface area contributed by atoms with E-state index in [2.05, 4.69) is 5.10 Å². The molecule has 0 fully saturated rings. The predicted octanol–water partition coefficient (Wildman–Crippen LogP) is 1.75. The minimum Gasteiger partial charge on any atom is -0.317 e. The second-order valence-electron chi connectivity index (χ2n) is 4.31.